The molecule has 0 spiro atoms. The molecule has 0 saturated carbocycles. The molecule has 37 heavy (non-hydrogen) atoms. The lowest BCUT2D eigenvalue weighted by Gasteiger charge is -2.34. The lowest BCUT2D eigenvalue weighted by molar-refractivity contribution is -0.289. The fourth-order valence-electron chi connectivity index (χ4n) is 3.98. The number of carbonyl (C=O) groups excluding carboxylic acids is 2. The van der Waals surface area contributed by atoms with E-state index in [1.807, 2.05) is 6.07 Å². The molecule has 0 fully saturated rings. The molecule has 4 rings (SSSR count). The van der Waals surface area contributed by atoms with E-state index in [-0.39, 0.29) is 40.5 Å². The minimum atomic E-state index is -5.76. The van der Waals surface area contributed by atoms with Crippen molar-refractivity contribution in [3.63, 3.8) is 0 Å². The molecule has 8 nitrogen and oxygen atoms in total. The zero-order chi connectivity index (χ0) is 27.1. The summed E-state index contributed by atoms with van der Waals surface area (Å²) in [7, 11) is 1.38. The van der Waals surface area contributed by atoms with Gasteiger partial charge in [0, 0.05) is 16.8 Å². The standard InChI is InChI=1S/C24H18F5N5O3/c1-13-12-33-20(18(11-31-33)32-21(35)14-3-8-19(37-2)15(9-14)10-30)22(36)34(13)17-6-4-16(5-7-17)23(25,26)24(27,28)29/h3-9,11,13H,12H2,1-2H3,(H,32,35)/t13-/m0/s1. The Morgan fingerprint density at radius 3 is 2.43 bits per heavy atom. The van der Waals surface area contributed by atoms with Crippen molar-refractivity contribution in [2.24, 2.45) is 0 Å². The van der Waals surface area contributed by atoms with Crippen molar-refractivity contribution in [3.05, 3.63) is 71.0 Å². The number of nitrogens with one attached hydrogen (secondary N) is 1. The Hall–Kier alpha value is -4.47. The summed E-state index contributed by atoms with van der Waals surface area (Å²) >= 11 is 0. The van der Waals surface area contributed by atoms with Gasteiger partial charge in [-0.2, -0.15) is 32.3 Å². The maximum atomic E-state index is 13.7. The molecule has 1 N–H and O–H groups in total. The maximum Gasteiger partial charge on any atom is 0.458 e. The molecule has 13 heteroatoms. The summed E-state index contributed by atoms with van der Waals surface area (Å²) in [6, 6.07) is 8.83. The van der Waals surface area contributed by atoms with Gasteiger partial charge in [0.05, 0.1) is 37.1 Å². The van der Waals surface area contributed by atoms with Gasteiger partial charge in [0.1, 0.15) is 17.5 Å². The van der Waals surface area contributed by atoms with E-state index in [9.17, 15) is 36.8 Å². The van der Waals surface area contributed by atoms with Crippen LogP contribution in [0.15, 0.2) is 48.7 Å². The van der Waals surface area contributed by atoms with Crippen LogP contribution in [-0.4, -0.2) is 40.9 Å². The van der Waals surface area contributed by atoms with Crippen molar-refractivity contribution in [2.45, 2.75) is 31.6 Å². The van der Waals surface area contributed by atoms with Crippen molar-refractivity contribution in [3.8, 4) is 11.8 Å². The number of methoxy groups -OCH3 is 1. The lowest BCUT2D eigenvalue weighted by atomic mass is 10.1. The summed E-state index contributed by atoms with van der Waals surface area (Å²) in [5.41, 5.74) is -0.866. The van der Waals surface area contributed by atoms with Crippen LogP contribution < -0.4 is 15.0 Å². The summed E-state index contributed by atoms with van der Waals surface area (Å²) in [6.45, 7) is 1.82. The van der Waals surface area contributed by atoms with Crippen LogP contribution in [0.4, 0.5) is 33.3 Å². The molecule has 0 aliphatic carbocycles. The Balaban J connectivity index is 1.61. The Morgan fingerprint density at radius 2 is 1.84 bits per heavy atom. The number of rotatable bonds is 5. The van der Waals surface area contributed by atoms with Crippen LogP contribution in [0.2, 0.25) is 0 Å². The van der Waals surface area contributed by atoms with E-state index in [0.717, 1.165) is 12.1 Å². The Morgan fingerprint density at radius 1 is 1.16 bits per heavy atom. The summed E-state index contributed by atoms with van der Waals surface area (Å²) in [4.78, 5) is 27.4. The second-order valence-electron chi connectivity index (χ2n) is 8.21. The molecule has 2 aromatic carbocycles. The van der Waals surface area contributed by atoms with E-state index in [1.54, 1.807) is 6.92 Å². The number of halogens is 5. The first-order chi connectivity index (χ1) is 17.4. The average molecular weight is 519 g/mol. The highest BCUT2D eigenvalue weighted by atomic mass is 19.4. The minimum absolute atomic E-state index is 0.00911. The number of aromatic nitrogens is 2. The molecule has 192 valence electrons. The number of ether oxygens (including phenoxy) is 1. The van der Waals surface area contributed by atoms with Crippen molar-refractivity contribution in [2.75, 3.05) is 17.3 Å². The maximum absolute atomic E-state index is 13.7. The zero-order valence-corrected chi connectivity index (χ0v) is 19.3. The van der Waals surface area contributed by atoms with E-state index in [0.29, 0.717) is 12.1 Å². The summed E-state index contributed by atoms with van der Waals surface area (Å²) in [5, 5.41) is 15.9. The van der Waals surface area contributed by atoms with Gasteiger partial charge in [-0.25, -0.2) is 0 Å². The third-order valence-corrected chi connectivity index (χ3v) is 5.83. The van der Waals surface area contributed by atoms with Crippen molar-refractivity contribution in [1.82, 2.24) is 9.78 Å². The number of benzene rings is 2. The SMILES string of the molecule is COc1ccc(C(=O)Nc2cnn3c2C(=O)N(c2ccc(C(F)(F)C(F)(F)F)cc2)[C@@H](C)C3)cc1C#N. The number of hydrogen-bond acceptors (Lipinski definition) is 5. The van der Waals surface area contributed by atoms with Gasteiger partial charge in [-0.3, -0.25) is 14.3 Å². The molecular weight excluding hydrogens is 501 g/mol. The molecule has 3 aromatic rings. The topological polar surface area (TPSA) is 100 Å². The highest BCUT2D eigenvalue weighted by Crippen LogP contribution is 2.44. The number of hydrogen-bond donors (Lipinski definition) is 1. The minimum Gasteiger partial charge on any atom is -0.495 e. The molecule has 0 radical (unpaired) electrons. The highest BCUT2D eigenvalue weighted by Gasteiger charge is 2.58. The van der Waals surface area contributed by atoms with Gasteiger partial charge in [0.25, 0.3) is 11.8 Å². The van der Waals surface area contributed by atoms with Crippen LogP contribution in [-0.2, 0) is 12.5 Å². The van der Waals surface area contributed by atoms with Gasteiger partial charge in [0.15, 0.2) is 0 Å². The molecule has 1 aliphatic rings. The van der Waals surface area contributed by atoms with E-state index in [4.69, 9.17) is 4.74 Å². The summed E-state index contributed by atoms with van der Waals surface area (Å²) < 4.78 is 71.9. The van der Waals surface area contributed by atoms with E-state index in [1.165, 1.54) is 41.1 Å². The van der Waals surface area contributed by atoms with E-state index < -0.39 is 35.5 Å². The number of anilines is 2. The predicted octanol–water partition coefficient (Wildman–Crippen LogP) is 4.72. The Labute approximate surface area is 206 Å². The van der Waals surface area contributed by atoms with Crippen molar-refractivity contribution < 1.29 is 36.3 Å². The Kier molecular flexibility index (Phi) is 6.37. The van der Waals surface area contributed by atoms with Crippen LogP contribution in [0.3, 0.4) is 0 Å². The molecule has 2 amide bonds. The number of fused-ring (bicyclic) bond motifs is 1. The molecular formula is C24H18F5N5O3. The van der Waals surface area contributed by atoms with Gasteiger partial charge in [0.2, 0.25) is 0 Å². The first kappa shape index (κ1) is 25.6. The third kappa shape index (κ3) is 4.46. The molecule has 0 bridgehead atoms. The number of alkyl halides is 5. The third-order valence-electron chi connectivity index (χ3n) is 5.83. The van der Waals surface area contributed by atoms with Crippen LogP contribution >= 0.6 is 0 Å². The van der Waals surface area contributed by atoms with Crippen molar-refractivity contribution in [1.29, 1.82) is 5.26 Å². The molecule has 2 heterocycles. The molecule has 1 aromatic heterocycles. The number of carbonyl (C=O) groups is 2. The molecule has 1 aliphatic heterocycles. The van der Waals surface area contributed by atoms with Gasteiger partial charge in [-0.1, -0.05) is 12.1 Å². The average Bonchev–Trinajstić information content (AvgIpc) is 3.25. The lowest BCUT2D eigenvalue weighted by Crippen LogP contribution is -2.47. The van der Waals surface area contributed by atoms with E-state index in [2.05, 4.69) is 10.4 Å². The van der Waals surface area contributed by atoms with Crippen LogP contribution in [0.1, 0.15) is 38.9 Å². The number of nitriles is 1. The normalized spacial score (nSPS) is 15.7. The largest absolute Gasteiger partial charge is 0.495 e. The fourth-order valence-corrected chi connectivity index (χ4v) is 3.98. The molecule has 0 unspecified atom stereocenters. The smallest absolute Gasteiger partial charge is 0.458 e. The first-order valence-electron chi connectivity index (χ1n) is 10.7. The van der Waals surface area contributed by atoms with Gasteiger partial charge < -0.3 is 15.0 Å². The van der Waals surface area contributed by atoms with Crippen LogP contribution in [0.5, 0.6) is 5.75 Å². The zero-order valence-electron chi connectivity index (χ0n) is 19.3. The molecule has 0 saturated heterocycles. The van der Waals surface area contributed by atoms with Crippen molar-refractivity contribution >= 4 is 23.2 Å². The second kappa shape index (κ2) is 9.20. The summed E-state index contributed by atoms with van der Waals surface area (Å²) in [6.07, 6.45) is -4.50. The number of nitrogens with zero attached hydrogens (tertiary/aromatic N) is 4. The Bertz CT molecular complexity index is 1410. The van der Waals surface area contributed by atoms with Crippen LogP contribution in [0, 0.1) is 11.3 Å². The highest BCUT2D eigenvalue weighted by molar-refractivity contribution is 6.13. The van der Waals surface area contributed by atoms with Gasteiger partial charge in [-0.05, 0) is 37.3 Å². The number of amides is 2. The first-order valence-corrected chi connectivity index (χ1v) is 10.7. The van der Waals surface area contributed by atoms with Gasteiger partial charge >= 0.3 is 12.1 Å². The summed E-state index contributed by atoms with van der Waals surface area (Å²) in [5.74, 6) is -6.05. The predicted molar refractivity (Wildman–Crippen MR) is 121 cm³/mol. The van der Waals surface area contributed by atoms with Crippen LogP contribution in [0.25, 0.3) is 0 Å². The van der Waals surface area contributed by atoms with E-state index >= 15 is 0 Å². The fraction of sp³-hybridized carbons (Fsp3) is 0.250. The monoisotopic (exact) mass is 519 g/mol. The second-order valence-corrected chi connectivity index (χ2v) is 8.21. The quantitative estimate of drug-likeness (QED) is 0.492. The van der Waals surface area contributed by atoms with Gasteiger partial charge in [-0.15, -0.1) is 0 Å². The molecule has 1 atom stereocenters.